The van der Waals surface area contributed by atoms with Crippen molar-refractivity contribution < 1.29 is 8.78 Å². The first-order valence-electron chi connectivity index (χ1n) is 6.78. The molecule has 2 aromatic carbocycles. The van der Waals surface area contributed by atoms with Gasteiger partial charge in [0.25, 0.3) is 0 Å². The number of aryl methyl sites for hydroxylation is 1. The van der Waals surface area contributed by atoms with Crippen LogP contribution in [0.5, 0.6) is 0 Å². The van der Waals surface area contributed by atoms with E-state index < -0.39 is 11.6 Å². The summed E-state index contributed by atoms with van der Waals surface area (Å²) >= 11 is 7.38. The minimum absolute atomic E-state index is 0.382. The predicted molar refractivity (Wildman–Crippen MR) is 87.0 cm³/mol. The molecule has 3 rings (SSSR count). The Labute approximate surface area is 141 Å². The summed E-state index contributed by atoms with van der Waals surface area (Å²) in [6, 6.07) is 10.8. The monoisotopic (exact) mass is 351 g/mol. The van der Waals surface area contributed by atoms with E-state index in [9.17, 15) is 8.78 Å². The first-order chi connectivity index (χ1) is 11.0. The van der Waals surface area contributed by atoms with Crippen LogP contribution in [0.3, 0.4) is 0 Å². The van der Waals surface area contributed by atoms with Crippen molar-refractivity contribution in [2.45, 2.75) is 17.8 Å². The highest BCUT2D eigenvalue weighted by molar-refractivity contribution is 7.98. The largest absolute Gasteiger partial charge is 0.274 e. The SMILES string of the molecule is Cc1nnc(SCc2cc(F)cc(F)c2)n1-c1cccc(Cl)c1. The number of rotatable bonds is 4. The molecule has 0 atom stereocenters. The molecule has 3 aromatic rings. The average Bonchev–Trinajstić information content (AvgIpc) is 2.85. The molecule has 1 heterocycles. The van der Waals surface area contributed by atoms with E-state index in [-0.39, 0.29) is 0 Å². The quantitative estimate of drug-likeness (QED) is 0.632. The molecule has 1 aromatic heterocycles. The van der Waals surface area contributed by atoms with Gasteiger partial charge in [-0.05, 0) is 42.8 Å². The van der Waals surface area contributed by atoms with Gasteiger partial charge in [-0.15, -0.1) is 10.2 Å². The molecular formula is C16H12ClF2N3S. The highest BCUT2D eigenvalue weighted by Gasteiger charge is 2.12. The summed E-state index contributed by atoms with van der Waals surface area (Å²) in [6.07, 6.45) is 0. The minimum atomic E-state index is -0.590. The fourth-order valence-corrected chi connectivity index (χ4v) is 3.30. The molecule has 0 saturated carbocycles. The summed E-state index contributed by atoms with van der Waals surface area (Å²) in [4.78, 5) is 0. The molecule has 0 aliphatic heterocycles. The molecule has 0 unspecified atom stereocenters. The van der Waals surface area contributed by atoms with Gasteiger partial charge in [0.05, 0.1) is 5.69 Å². The molecule has 0 spiro atoms. The number of nitrogens with zero attached hydrogens (tertiary/aromatic N) is 3. The smallest absolute Gasteiger partial charge is 0.196 e. The van der Waals surface area contributed by atoms with Gasteiger partial charge in [0.1, 0.15) is 17.5 Å². The van der Waals surface area contributed by atoms with Crippen LogP contribution < -0.4 is 0 Å². The molecule has 0 radical (unpaired) electrons. The van der Waals surface area contributed by atoms with E-state index in [0.29, 0.717) is 27.3 Å². The third kappa shape index (κ3) is 3.71. The molecule has 0 N–H and O–H groups in total. The lowest BCUT2D eigenvalue weighted by atomic mass is 10.2. The van der Waals surface area contributed by atoms with Gasteiger partial charge in [-0.3, -0.25) is 4.57 Å². The van der Waals surface area contributed by atoms with Crippen molar-refractivity contribution in [2.75, 3.05) is 0 Å². The number of thioether (sulfide) groups is 1. The maximum atomic E-state index is 13.2. The lowest BCUT2D eigenvalue weighted by molar-refractivity contribution is 0.581. The maximum Gasteiger partial charge on any atom is 0.196 e. The molecule has 3 nitrogen and oxygen atoms in total. The molecule has 118 valence electrons. The molecule has 0 bridgehead atoms. The third-order valence-electron chi connectivity index (χ3n) is 3.15. The molecule has 0 saturated heterocycles. The van der Waals surface area contributed by atoms with Gasteiger partial charge in [-0.25, -0.2) is 8.78 Å². The Bertz CT molecular complexity index is 831. The maximum absolute atomic E-state index is 13.2. The molecule has 0 aliphatic rings. The van der Waals surface area contributed by atoms with E-state index in [1.54, 1.807) is 6.07 Å². The first-order valence-corrected chi connectivity index (χ1v) is 8.15. The van der Waals surface area contributed by atoms with Gasteiger partial charge in [0.15, 0.2) is 5.16 Å². The van der Waals surface area contributed by atoms with Crippen molar-refractivity contribution in [3.8, 4) is 5.69 Å². The Morgan fingerprint density at radius 3 is 2.52 bits per heavy atom. The van der Waals surface area contributed by atoms with Crippen molar-refractivity contribution >= 4 is 23.4 Å². The van der Waals surface area contributed by atoms with Crippen LogP contribution in [0.2, 0.25) is 5.02 Å². The fourth-order valence-electron chi connectivity index (χ4n) is 2.19. The van der Waals surface area contributed by atoms with E-state index in [1.165, 1.54) is 23.9 Å². The summed E-state index contributed by atoms with van der Waals surface area (Å²) in [5.41, 5.74) is 1.39. The third-order valence-corrected chi connectivity index (χ3v) is 4.39. The van der Waals surface area contributed by atoms with Gasteiger partial charge in [-0.2, -0.15) is 0 Å². The minimum Gasteiger partial charge on any atom is -0.274 e. The average molecular weight is 352 g/mol. The van der Waals surface area contributed by atoms with Crippen LogP contribution in [0.4, 0.5) is 8.78 Å². The van der Waals surface area contributed by atoms with Crippen molar-refractivity contribution in [1.29, 1.82) is 0 Å². The second kappa shape index (κ2) is 6.68. The highest BCUT2D eigenvalue weighted by atomic mass is 35.5. The zero-order valence-corrected chi connectivity index (χ0v) is 13.7. The van der Waals surface area contributed by atoms with Crippen LogP contribution in [-0.2, 0) is 5.75 Å². The van der Waals surface area contributed by atoms with E-state index in [0.717, 1.165) is 11.8 Å². The Morgan fingerprint density at radius 1 is 1.09 bits per heavy atom. The van der Waals surface area contributed by atoms with Crippen LogP contribution >= 0.6 is 23.4 Å². The summed E-state index contributed by atoms with van der Waals surface area (Å²) in [5.74, 6) is -0.0886. The van der Waals surface area contributed by atoms with Crippen molar-refractivity contribution in [1.82, 2.24) is 14.8 Å². The Kier molecular flexibility index (Phi) is 4.63. The van der Waals surface area contributed by atoms with Crippen molar-refractivity contribution in [3.63, 3.8) is 0 Å². The van der Waals surface area contributed by atoms with Crippen molar-refractivity contribution in [2.24, 2.45) is 0 Å². The van der Waals surface area contributed by atoms with Crippen LogP contribution in [-0.4, -0.2) is 14.8 Å². The van der Waals surface area contributed by atoms with Gasteiger partial charge in [0, 0.05) is 16.8 Å². The van der Waals surface area contributed by atoms with E-state index in [4.69, 9.17) is 11.6 Å². The molecule has 0 fully saturated rings. The Morgan fingerprint density at radius 2 is 1.83 bits per heavy atom. The normalized spacial score (nSPS) is 11.0. The number of benzene rings is 2. The Hall–Kier alpha value is -1.92. The summed E-state index contributed by atoms with van der Waals surface area (Å²) < 4.78 is 28.4. The van der Waals surface area contributed by atoms with E-state index in [1.807, 2.05) is 29.7 Å². The van der Waals surface area contributed by atoms with Gasteiger partial charge < -0.3 is 0 Å². The number of aromatic nitrogens is 3. The summed E-state index contributed by atoms with van der Waals surface area (Å²) in [5, 5.41) is 9.44. The predicted octanol–water partition coefficient (Wildman–Crippen LogP) is 4.80. The summed E-state index contributed by atoms with van der Waals surface area (Å²) in [7, 11) is 0. The lowest BCUT2D eigenvalue weighted by Crippen LogP contribution is -1.99. The standard InChI is InChI=1S/C16H12ClF2N3S/c1-10-20-21-16(22(10)15-4-2-3-12(17)7-15)23-9-11-5-13(18)8-14(19)6-11/h2-8H,9H2,1H3. The highest BCUT2D eigenvalue weighted by Crippen LogP contribution is 2.26. The molecule has 7 heteroatoms. The number of hydrogen-bond donors (Lipinski definition) is 0. The molecule has 23 heavy (non-hydrogen) atoms. The van der Waals surface area contributed by atoms with Crippen LogP contribution in [0.25, 0.3) is 5.69 Å². The molecule has 0 aliphatic carbocycles. The van der Waals surface area contributed by atoms with Crippen molar-refractivity contribution in [3.05, 3.63) is 70.5 Å². The zero-order chi connectivity index (χ0) is 16.4. The number of hydrogen-bond acceptors (Lipinski definition) is 3. The van der Waals surface area contributed by atoms with Gasteiger partial charge in [-0.1, -0.05) is 29.4 Å². The topological polar surface area (TPSA) is 30.7 Å². The Balaban J connectivity index is 1.87. The fraction of sp³-hybridized carbons (Fsp3) is 0.125. The van der Waals surface area contributed by atoms with Gasteiger partial charge >= 0.3 is 0 Å². The molecular weight excluding hydrogens is 340 g/mol. The van der Waals surface area contributed by atoms with E-state index >= 15 is 0 Å². The lowest BCUT2D eigenvalue weighted by Gasteiger charge is -2.09. The van der Waals surface area contributed by atoms with Crippen LogP contribution in [0.1, 0.15) is 11.4 Å². The first kappa shape index (κ1) is 16.0. The molecule has 0 amide bonds. The van der Waals surface area contributed by atoms with Crippen LogP contribution in [0.15, 0.2) is 47.6 Å². The second-order valence-corrected chi connectivity index (χ2v) is 6.29. The number of halogens is 3. The van der Waals surface area contributed by atoms with Gasteiger partial charge in [0.2, 0.25) is 0 Å². The zero-order valence-electron chi connectivity index (χ0n) is 12.1. The second-order valence-electron chi connectivity index (χ2n) is 4.91. The summed E-state index contributed by atoms with van der Waals surface area (Å²) in [6.45, 7) is 1.83. The van der Waals surface area contributed by atoms with Crippen LogP contribution in [0, 0.1) is 18.6 Å². The van der Waals surface area contributed by atoms with E-state index in [2.05, 4.69) is 10.2 Å².